The molecule has 1 unspecified atom stereocenters. The Hall–Kier alpha value is -1.81. The summed E-state index contributed by atoms with van der Waals surface area (Å²) in [5.74, 6) is -0.0201. The van der Waals surface area contributed by atoms with Gasteiger partial charge in [0, 0.05) is 22.7 Å². The lowest BCUT2D eigenvalue weighted by Gasteiger charge is -2.15. The maximum absolute atomic E-state index is 12.3. The average molecular weight is 288 g/mol. The third-order valence-corrected chi connectivity index (χ3v) is 4.11. The van der Waals surface area contributed by atoms with Gasteiger partial charge in [-0.05, 0) is 49.1 Å². The fraction of sp³-hybridized carbons (Fsp3) is 0.312. The van der Waals surface area contributed by atoms with E-state index in [1.54, 1.807) is 11.3 Å². The molecule has 4 heteroatoms. The van der Waals surface area contributed by atoms with Crippen LogP contribution < -0.4 is 10.6 Å². The Morgan fingerprint density at radius 1 is 1.20 bits per heavy atom. The first-order valence-electron chi connectivity index (χ1n) is 6.92. The fourth-order valence-electron chi connectivity index (χ4n) is 2.05. The van der Waals surface area contributed by atoms with Crippen LogP contribution in [0.3, 0.4) is 0 Å². The molecule has 1 amide bonds. The van der Waals surface area contributed by atoms with Gasteiger partial charge in [-0.3, -0.25) is 4.79 Å². The van der Waals surface area contributed by atoms with E-state index in [0.717, 1.165) is 18.7 Å². The topological polar surface area (TPSA) is 41.1 Å². The second-order valence-electron chi connectivity index (χ2n) is 4.56. The van der Waals surface area contributed by atoms with Gasteiger partial charge in [0.15, 0.2) is 0 Å². The molecule has 1 aromatic carbocycles. The molecule has 1 atom stereocenters. The predicted octanol–water partition coefficient (Wildman–Crippen LogP) is 4.06. The molecule has 0 aliphatic carbocycles. The summed E-state index contributed by atoms with van der Waals surface area (Å²) >= 11 is 1.68. The number of hydrogen-bond acceptors (Lipinski definition) is 3. The first kappa shape index (κ1) is 14.6. The van der Waals surface area contributed by atoms with E-state index in [4.69, 9.17) is 0 Å². The van der Waals surface area contributed by atoms with Crippen molar-refractivity contribution in [3.63, 3.8) is 0 Å². The fourth-order valence-corrected chi connectivity index (χ4v) is 2.91. The van der Waals surface area contributed by atoms with Gasteiger partial charge in [0.2, 0.25) is 0 Å². The van der Waals surface area contributed by atoms with Crippen molar-refractivity contribution in [2.75, 3.05) is 11.9 Å². The van der Waals surface area contributed by atoms with Crippen LogP contribution in [0, 0.1) is 0 Å². The Morgan fingerprint density at radius 3 is 2.50 bits per heavy atom. The lowest BCUT2D eigenvalue weighted by molar-refractivity contribution is 0.0936. The van der Waals surface area contributed by atoms with Gasteiger partial charge in [-0.2, -0.15) is 0 Å². The Labute approximate surface area is 124 Å². The van der Waals surface area contributed by atoms with Crippen LogP contribution in [0.15, 0.2) is 41.8 Å². The number of hydrogen-bond donors (Lipinski definition) is 2. The number of carbonyl (C=O) groups excluding carboxylic acids is 1. The van der Waals surface area contributed by atoms with Crippen molar-refractivity contribution in [2.24, 2.45) is 0 Å². The number of rotatable bonds is 6. The summed E-state index contributed by atoms with van der Waals surface area (Å²) < 4.78 is 0. The van der Waals surface area contributed by atoms with Crippen LogP contribution in [-0.4, -0.2) is 12.5 Å². The van der Waals surface area contributed by atoms with E-state index >= 15 is 0 Å². The molecule has 0 saturated carbocycles. The van der Waals surface area contributed by atoms with Gasteiger partial charge in [0.1, 0.15) is 0 Å². The van der Waals surface area contributed by atoms with E-state index < -0.39 is 0 Å². The predicted molar refractivity (Wildman–Crippen MR) is 85.4 cm³/mol. The van der Waals surface area contributed by atoms with E-state index in [9.17, 15) is 4.79 Å². The van der Waals surface area contributed by atoms with Crippen LogP contribution >= 0.6 is 11.3 Å². The maximum Gasteiger partial charge on any atom is 0.251 e. The van der Waals surface area contributed by atoms with Gasteiger partial charge < -0.3 is 10.6 Å². The van der Waals surface area contributed by atoms with E-state index in [2.05, 4.69) is 23.6 Å². The van der Waals surface area contributed by atoms with Gasteiger partial charge in [-0.1, -0.05) is 13.0 Å². The van der Waals surface area contributed by atoms with Crippen LogP contribution in [-0.2, 0) is 0 Å². The Balaban J connectivity index is 2.03. The van der Waals surface area contributed by atoms with Crippen molar-refractivity contribution >= 4 is 22.9 Å². The molecule has 2 aromatic rings. The molecule has 2 N–H and O–H groups in total. The van der Waals surface area contributed by atoms with E-state index in [1.165, 1.54) is 4.88 Å². The summed E-state index contributed by atoms with van der Waals surface area (Å²) in [5, 5.41) is 8.34. The second-order valence-corrected chi connectivity index (χ2v) is 5.54. The van der Waals surface area contributed by atoms with Crippen molar-refractivity contribution in [1.82, 2.24) is 5.32 Å². The van der Waals surface area contributed by atoms with Crippen LogP contribution in [0.2, 0.25) is 0 Å². The van der Waals surface area contributed by atoms with Crippen molar-refractivity contribution in [3.05, 3.63) is 52.2 Å². The largest absolute Gasteiger partial charge is 0.385 e. The van der Waals surface area contributed by atoms with E-state index in [1.807, 2.05) is 42.6 Å². The Bertz CT molecular complexity index is 534. The number of amides is 1. The SMILES string of the molecule is CCNc1ccc(C(=O)NC(CC)c2cccs2)cc1. The highest BCUT2D eigenvalue weighted by atomic mass is 32.1. The smallest absolute Gasteiger partial charge is 0.251 e. The van der Waals surface area contributed by atoms with Crippen molar-refractivity contribution < 1.29 is 4.79 Å². The summed E-state index contributed by atoms with van der Waals surface area (Å²) in [6, 6.07) is 11.8. The zero-order chi connectivity index (χ0) is 14.4. The summed E-state index contributed by atoms with van der Waals surface area (Å²) in [4.78, 5) is 13.5. The summed E-state index contributed by atoms with van der Waals surface area (Å²) in [7, 11) is 0. The Kier molecular flexibility index (Phi) is 5.18. The molecular weight excluding hydrogens is 268 g/mol. The van der Waals surface area contributed by atoms with Crippen molar-refractivity contribution in [3.8, 4) is 0 Å². The molecule has 106 valence electrons. The van der Waals surface area contributed by atoms with Crippen molar-refractivity contribution in [1.29, 1.82) is 0 Å². The van der Waals surface area contributed by atoms with Crippen LogP contribution in [0.4, 0.5) is 5.69 Å². The lowest BCUT2D eigenvalue weighted by Crippen LogP contribution is -2.27. The third kappa shape index (κ3) is 3.61. The van der Waals surface area contributed by atoms with E-state index in [0.29, 0.717) is 5.56 Å². The summed E-state index contributed by atoms with van der Waals surface area (Å²) in [5.41, 5.74) is 1.73. The van der Waals surface area contributed by atoms with Gasteiger partial charge >= 0.3 is 0 Å². The highest BCUT2D eigenvalue weighted by molar-refractivity contribution is 7.10. The molecule has 0 aliphatic heterocycles. The molecule has 1 heterocycles. The van der Waals surface area contributed by atoms with Gasteiger partial charge in [0.05, 0.1) is 6.04 Å². The molecule has 0 aliphatic rings. The molecule has 2 rings (SSSR count). The molecule has 1 aromatic heterocycles. The van der Waals surface area contributed by atoms with Crippen LogP contribution in [0.5, 0.6) is 0 Å². The highest BCUT2D eigenvalue weighted by Crippen LogP contribution is 2.22. The third-order valence-electron chi connectivity index (χ3n) is 3.13. The second kappa shape index (κ2) is 7.10. The number of thiophene rings is 1. The summed E-state index contributed by atoms with van der Waals surface area (Å²) in [6.07, 6.45) is 0.891. The molecule has 0 radical (unpaired) electrons. The number of benzene rings is 1. The molecule has 0 bridgehead atoms. The number of carbonyl (C=O) groups is 1. The number of nitrogens with one attached hydrogen (secondary N) is 2. The minimum Gasteiger partial charge on any atom is -0.385 e. The minimum atomic E-state index is -0.0201. The van der Waals surface area contributed by atoms with Crippen LogP contribution in [0.1, 0.15) is 41.5 Å². The molecule has 20 heavy (non-hydrogen) atoms. The molecular formula is C16H20N2OS. The first-order valence-corrected chi connectivity index (χ1v) is 7.80. The summed E-state index contributed by atoms with van der Waals surface area (Å²) in [6.45, 7) is 5.01. The van der Waals surface area contributed by atoms with Crippen LogP contribution in [0.25, 0.3) is 0 Å². The minimum absolute atomic E-state index is 0.0201. The van der Waals surface area contributed by atoms with Gasteiger partial charge in [-0.25, -0.2) is 0 Å². The molecule has 0 spiro atoms. The van der Waals surface area contributed by atoms with Crippen molar-refractivity contribution in [2.45, 2.75) is 26.3 Å². The van der Waals surface area contributed by atoms with Gasteiger partial charge in [-0.15, -0.1) is 11.3 Å². The standard InChI is InChI=1S/C16H20N2OS/c1-3-14(15-6-5-11-20-15)18-16(19)12-7-9-13(10-8-12)17-4-2/h5-11,14,17H,3-4H2,1-2H3,(H,18,19). The monoisotopic (exact) mass is 288 g/mol. The number of anilines is 1. The average Bonchev–Trinajstić information content (AvgIpc) is 2.99. The normalized spacial score (nSPS) is 11.9. The van der Waals surface area contributed by atoms with E-state index in [-0.39, 0.29) is 11.9 Å². The maximum atomic E-state index is 12.3. The Morgan fingerprint density at radius 2 is 1.95 bits per heavy atom. The highest BCUT2D eigenvalue weighted by Gasteiger charge is 2.14. The zero-order valence-corrected chi connectivity index (χ0v) is 12.7. The molecule has 3 nitrogen and oxygen atoms in total. The lowest BCUT2D eigenvalue weighted by atomic mass is 10.1. The first-order chi connectivity index (χ1) is 9.74. The zero-order valence-electron chi connectivity index (χ0n) is 11.8. The quantitative estimate of drug-likeness (QED) is 0.841. The molecule has 0 saturated heterocycles. The molecule has 0 fully saturated rings. The van der Waals surface area contributed by atoms with Gasteiger partial charge in [0.25, 0.3) is 5.91 Å².